The number of hydrogen-bond acceptors (Lipinski definition) is 2. The Morgan fingerprint density at radius 2 is 1.96 bits per heavy atom. The number of nitrogens with one attached hydrogen (secondary N) is 2. The Hall–Kier alpha value is -3.31. The Morgan fingerprint density at radius 1 is 1.19 bits per heavy atom. The average Bonchev–Trinajstić information content (AvgIpc) is 3.15. The molecular formula is C21H15ClN2O3. The molecule has 1 aliphatic rings. The van der Waals surface area contributed by atoms with Crippen LogP contribution in [0.25, 0.3) is 22.8 Å². The Labute approximate surface area is 160 Å². The molecule has 27 heavy (non-hydrogen) atoms. The zero-order valence-electron chi connectivity index (χ0n) is 14.3. The Kier molecular flexibility index (Phi) is 4.09. The highest BCUT2D eigenvalue weighted by molar-refractivity contribution is 6.36. The van der Waals surface area contributed by atoms with Gasteiger partial charge in [-0.15, -0.1) is 0 Å². The van der Waals surface area contributed by atoms with E-state index < -0.39 is 5.97 Å². The lowest BCUT2D eigenvalue weighted by atomic mass is 9.94. The van der Waals surface area contributed by atoms with E-state index in [1.54, 1.807) is 19.1 Å². The topological polar surface area (TPSA) is 82.2 Å². The SMILES string of the molecule is Cc1c(C(=O)O)c[nH]c1/C=C1\C(=O)Nc2cccc(-c3cccc(Cl)c3)c21. The molecule has 0 radical (unpaired) electrons. The Morgan fingerprint density at radius 3 is 2.67 bits per heavy atom. The quantitative estimate of drug-likeness (QED) is 0.570. The first kappa shape index (κ1) is 17.1. The van der Waals surface area contributed by atoms with Gasteiger partial charge in [0.25, 0.3) is 5.91 Å². The first-order valence-electron chi connectivity index (χ1n) is 8.29. The van der Waals surface area contributed by atoms with Crippen molar-refractivity contribution in [3.05, 3.63) is 76.1 Å². The number of H-pyrrole nitrogens is 1. The van der Waals surface area contributed by atoms with Gasteiger partial charge >= 0.3 is 5.97 Å². The van der Waals surface area contributed by atoms with E-state index in [0.29, 0.717) is 27.5 Å². The van der Waals surface area contributed by atoms with Gasteiger partial charge in [0.1, 0.15) is 0 Å². The van der Waals surface area contributed by atoms with Crippen molar-refractivity contribution >= 4 is 40.8 Å². The minimum atomic E-state index is -1.01. The molecule has 134 valence electrons. The number of carbonyl (C=O) groups excluding carboxylic acids is 1. The van der Waals surface area contributed by atoms with Crippen LogP contribution in [-0.4, -0.2) is 22.0 Å². The van der Waals surface area contributed by atoms with Gasteiger partial charge in [0.2, 0.25) is 0 Å². The highest BCUT2D eigenvalue weighted by Gasteiger charge is 2.28. The van der Waals surface area contributed by atoms with Crippen LogP contribution in [0.1, 0.15) is 27.2 Å². The van der Waals surface area contributed by atoms with Gasteiger partial charge < -0.3 is 15.4 Å². The molecule has 2 aromatic carbocycles. The highest BCUT2D eigenvalue weighted by atomic mass is 35.5. The molecule has 6 heteroatoms. The van der Waals surface area contributed by atoms with Crippen molar-refractivity contribution in [1.29, 1.82) is 0 Å². The molecule has 0 unspecified atom stereocenters. The zero-order chi connectivity index (χ0) is 19.1. The van der Waals surface area contributed by atoms with Gasteiger partial charge in [-0.1, -0.05) is 35.9 Å². The minimum Gasteiger partial charge on any atom is -0.478 e. The second-order valence-corrected chi connectivity index (χ2v) is 6.73. The molecule has 0 saturated carbocycles. The first-order valence-corrected chi connectivity index (χ1v) is 8.67. The molecule has 1 aromatic heterocycles. The predicted molar refractivity (Wildman–Crippen MR) is 106 cm³/mol. The smallest absolute Gasteiger partial charge is 0.337 e. The molecule has 1 amide bonds. The number of carboxylic acid groups (broad SMARTS) is 1. The van der Waals surface area contributed by atoms with Crippen LogP contribution < -0.4 is 5.32 Å². The van der Waals surface area contributed by atoms with Gasteiger partial charge in [-0.05, 0) is 47.9 Å². The van der Waals surface area contributed by atoms with E-state index in [0.717, 1.165) is 16.7 Å². The number of rotatable bonds is 3. The molecule has 3 N–H and O–H groups in total. The summed E-state index contributed by atoms with van der Waals surface area (Å²) in [7, 11) is 0. The third-order valence-electron chi connectivity index (χ3n) is 4.66. The van der Waals surface area contributed by atoms with Crippen LogP contribution in [0.2, 0.25) is 5.02 Å². The summed E-state index contributed by atoms with van der Waals surface area (Å²) < 4.78 is 0. The summed E-state index contributed by atoms with van der Waals surface area (Å²) in [6, 6.07) is 13.1. The molecular weight excluding hydrogens is 364 g/mol. The predicted octanol–water partition coefficient (Wildman–Crippen LogP) is 4.83. The van der Waals surface area contributed by atoms with Gasteiger partial charge in [-0.2, -0.15) is 0 Å². The van der Waals surface area contributed by atoms with E-state index in [9.17, 15) is 14.7 Å². The maximum absolute atomic E-state index is 12.6. The van der Waals surface area contributed by atoms with Crippen molar-refractivity contribution in [1.82, 2.24) is 4.98 Å². The summed E-state index contributed by atoms with van der Waals surface area (Å²) in [6.07, 6.45) is 3.12. The number of carboxylic acids is 1. The summed E-state index contributed by atoms with van der Waals surface area (Å²) in [4.78, 5) is 26.8. The van der Waals surface area contributed by atoms with E-state index in [1.807, 2.05) is 36.4 Å². The number of anilines is 1. The number of benzene rings is 2. The summed E-state index contributed by atoms with van der Waals surface area (Å²) >= 11 is 6.14. The van der Waals surface area contributed by atoms with Crippen molar-refractivity contribution in [3.63, 3.8) is 0 Å². The van der Waals surface area contributed by atoms with Crippen LogP contribution in [0.15, 0.2) is 48.7 Å². The second-order valence-electron chi connectivity index (χ2n) is 6.30. The van der Waals surface area contributed by atoms with Crippen molar-refractivity contribution in [3.8, 4) is 11.1 Å². The fourth-order valence-electron chi connectivity index (χ4n) is 3.31. The van der Waals surface area contributed by atoms with Crippen LogP contribution in [0.5, 0.6) is 0 Å². The summed E-state index contributed by atoms with van der Waals surface area (Å²) in [5.41, 5.74) is 5.09. The maximum Gasteiger partial charge on any atom is 0.337 e. The first-order chi connectivity index (χ1) is 13.0. The monoisotopic (exact) mass is 378 g/mol. The third kappa shape index (κ3) is 2.92. The molecule has 0 atom stereocenters. The number of amides is 1. The fourth-order valence-corrected chi connectivity index (χ4v) is 3.50. The lowest BCUT2D eigenvalue weighted by molar-refractivity contribution is -0.110. The van der Waals surface area contributed by atoms with E-state index in [-0.39, 0.29) is 11.5 Å². The average molecular weight is 379 g/mol. The molecule has 4 rings (SSSR count). The van der Waals surface area contributed by atoms with Crippen molar-refractivity contribution < 1.29 is 14.7 Å². The number of fused-ring (bicyclic) bond motifs is 1. The standard InChI is InChI=1S/C21H15ClN2O3/c1-11-16(21(26)27)10-23-18(11)9-15-19-14(12-4-2-5-13(22)8-12)6-3-7-17(19)24-20(15)25/h2-10,23H,1H3,(H,24,25)(H,26,27)/b15-9-. The van der Waals surface area contributed by atoms with Gasteiger partial charge in [0, 0.05) is 28.2 Å². The van der Waals surface area contributed by atoms with E-state index in [4.69, 9.17) is 11.6 Å². The van der Waals surface area contributed by atoms with Crippen LogP contribution in [-0.2, 0) is 4.79 Å². The van der Waals surface area contributed by atoms with E-state index in [2.05, 4.69) is 10.3 Å². The van der Waals surface area contributed by atoms with Crippen molar-refractivity contribution in [2.24, 2.45) is 0 Å². The largest absolute Gasteiger partial charge is 0.478 e. The molecule has 0 aliphatic carbocycles. The number of aromatic amines is 1. The number of hydrogen-bond donors (Lipinski definition) is 3. The number of carbonyl (C=O) groups is 2. The van der Waals surface area contributed by atoms with Gasteiger partial charge in [0.15, 0.2) is 0 Å². The molecule has 0 spiro atoms. The normalized spacial score (nSPS) is 14.3. The highest BCUT2D eigenvalue weighted by Crippen LogP contribution is 2.41. The Bertz CT molecular complexity index is 1130. The van der Waals surface area contributed by atoms with Crippen molar-refractivity contribution in [2.45, 2.75) is 6.92 Å². The Balaban J connectivity index is 1.90. The van der Waals surface area contributed by atoms with Gasteiger partial charge in [-0.3, -0.25) is 4.79 Å². The van der Waals surface area contributed by atoms with Crippen LogP contribution >= 0.6 is 11.6 Å². The molecule has 0 saturated heterocycles. The number of aromatic carboxylic acids is 1. The van der Waals surface area contributed by atoms with E-state index >= 15 is 0 Å². The maximum atomic E-state index is 12.6. The molecule has 1 aliphatic heterocycles. The number of aromatic nitrogens is 1. The molecule has 0 bridgehead atoms. The lowest BCUT2D eigenvalue weighted by Crippen LogP contribution is -2.03. The minimum absolute atomic E-state index is 0.184. The lowest BCUT2D eigenvalue weighted by Gasteiger charge is -2.09. The van der Waals surface area contributed by atoms with Gasteiger partial charge in [0.05, 0.1) is 11.1 Å². The number of halogens is 1. The van der Waals surface area contributed by atoms with Crippen LogP contribution in [0, 0.1) is 6.92 Å². The molecule has 2 heterocycles. The zero-order valence-corrected chi connectivity index (χ0v) is 15.1. The van der Waals surface area contributed by atoms with Crippen LogP contribution in [0.3, 0.4) is 0 Å². The summed E-state index contributed by atoms with van der Waals surface area (Å²) in [5, 5.41) is 12.7. The van der Waals surface area contributed by atoms with Crippen molar-refractivity contribution in [2.75, 3.05) is 5.32 Å². The fraction of sp³-hybridized carbons (Fsp3) is 0.0476. The summed E-state index contributed by atoms with van der Waals surface area (Å²) in [6.45, 7) is 1.71. The molecule has 3 aromatic rings. The van der Waals surface area contributed by atoms with E-state index in [1.165, 1.54) is 6.20 Å². The summed E-state index contributed by atoms with van der Waals surface area (Å²) in [5.74, 6) is -1.24. The molecule has 5 nitrogen and oxygen atoms in total. The molecule has 0 fully saturated rings. The van der Waals surface area contributed by atoms with Crippen LogP contribution in [0.4, 0.5) is 5.69 Å². The second kappa shape index (κ2) is 6.45. The van der Waals surface area contributed by atoms with Gasteiger partial charge in [-0.25, -0.2) is 4.79 Å². The third-order valence-corrected chi connectivity index (χ3v) is 4.90.